The van der Waals surface area contributed by atoms with Crippen molar-refractivity contribution in [2.75, 3.05) is 6.61 Å². The fourth-order valence-corrected chi connectivity index (χ4v) is 2.06. The van der Waals surface area contributed by atoms with Gasteiger partial charge in [-0.25, -0.2) is 4.79 Å². The van der Waals surface area contributed by atoms with E-state index in [2.05, 4.69) is 0 Å². The second kappa shape index (κ2) is 7.57. The topological polar surface area (TPSA) is 63.7 Å². The van der Waals surface area contributed by atoms with Crippen molar-refractivity contribution in [2.45, 2.75) is 39.8 Å². The average molecular weight is 291 g/mol. The number of carbonyl (C=O) groups excluding carboxylic acids is 3. The third-order valence-corrected chi connectivity index (χ3v) is 2.93. The lowest BCUT2D eigenvalue weighted by Crippen LogP contribution is -2.46. The molecule has 0 radical (unpaired) electrons. The van der Waals surface area contributed by atoms with Crippen LogP contribution in [0.15, 0.2) is 30.3 Å². The minimum atomic E-state index is -0.721. The van der Waals surface area contributed by atoms with Crippen LogP contribution in [-0.2, 0) is 14.3 Å². The number of carbonyl (C=O) groups is 3. The summed E-state index contributed by atoms with van der Waals surface area (Å²) in [5, 5.41) is 0. The molecular formula is C16H21NO4. The number of benzene rings is 1. The van der Waals surface area contributed by atoms with Crippen molar-refractivity contribution in [3.8, 4) is 0 Å². The minimum Gasteiger partial charge on any atom is -0.453 e. The first-order valence-electron chi connectivity index (χ1n) is 6.92. The predicted octanol–water partition coefficient (Wildman–Crippen LogP) is 2.06. The number of ether oxygens (including phenoxy) is 1. The molecular weight excluding hydrogens is 270 g/mol. The summed E-state index contributed by atoms with van der Waals surface area (Å²) in [5.74, 6) is -1.96. The second-order valence-corrected chi connectivity index (χ2v) is 5.27. The molecule has 0 N–H and O–H groups in total. The van der Waals surface area contributed by atoms with Gasteiger partial charge in [-0.3, -0.25) is 9.59 Å². The summed E-state index contributed by atoms with van der Waals surface area (Å²) in [4.78, 5) is 37.1. The van der Waals surface area contributed by atoms with Gasteiger partial charge in [0.2, 0.25) is 0 Å². The van der Waals surface area contributed by atoms with Crippen molar-refractivity contribution in [3.05, 3.63) is 35.9 Å². The van der Waals surface area contributed by atoms with Crippen LogP contribution in [-0.4, -0.2) is 41.3 Å². The Morgan fingerprint density at radius 3 is 2.00 bits per heavy atom. The van der Waals surface area contributed by atoms with Crippen LogP contribution < -0.4 is 0 Å². The normalized spacial score (nSPS) is 10.6. The smallest absolute Gasteiger partial charge is 0.338 e. The summed E-state index contributed by atoms with van der Waals surface area (Å²) < 4.78 is 4.88. The molecule has 0 aliphatic carbocycles. The highest BCUT2D eigenvalue weighted by atomic mass is 16.5. The van der Waals surface area contributed by atoms with Crippen LogP contribution in [0, 0.1) is 0 Å². The summed E-state index contributed by atoms with van der Waals surface area (Å²) in [5.41, 5.74) is 0.349. The Labute approximate surface area is 124 Å². The molecule has 0 fully saturated rings. The molecule has 5 nitrogen and oxygen atoms in total. The van der Waals surface area contributed by atoms with Gasteiger partial charge >= 0.3 is 5.97 Å². The molecule has 0 aliphatic rings. The molecule has 0 saturated heterocycles. The van der Waals surface area contributed by atoms with Gasteiger partial charge in [0.15, 0.2) is 6.61 Å². The van der Waals surface area contributed by atoms with Crippen LogP contribution in [0.1, 0.15) is 38.1 Å². The number of amides is 1. The third kappa shape index (κ3) is 4.70. The molecule has 1 aromatic rings. The quantitative estimate of drug-likeness (QED) is 0.594. The van der Waals surface area contributed by atoms with Crippen molar-refractivity contribution in [3.63, 3.8) is 0 Å². The third-order valence-electron chi connectivity index (χ3n) is 2.93. The molecule has 0 atom stereocenters. The lowest BCUT2D eigenvalue weighted by Gasteiger charge is -2.29. The van der Waals surface area contributed by atoms with Gasteiger partial charge in [-0.2, -0.15) is 0 Å². The van der Waals surface area contributed by atoms with Gasteiger partial charge in [-0.15, -0.1) is 0 Å². The van der Waals surface area contributed by atoms with Gasteiger partial charge in [-0.05, 0) is 39.8 Å². The highest BCUT2D eigenvalue weighted by molar-refractivity contribution is 6.37. The summed E-state index contributed by atoms with van der Waals surface area (Å²) >= 11 is 0. The number of hydrogen-bond donors (Lipinski definition) is 0. The van der Waals surface area contributed by atoms with Crippen LogP contribution >= 0.6 is 0 Å². The fourth-order valence-electron chi connectivity index (χ4n) is 2.06. The van der Waals surface area contributed by atoms with E-state index < -0.39 is 24.3 Å². The first kappa shape index (κ1) is 16.9. The van der Waals surface area contributed by atoms with Gasteiger partial charge in [-0.1, -0.05) is 18.2 Å². The standard InChI is InChI=1S/C16H21NO4/c1-11(2)17(12(3)4)15(19)14(18)10-21-16(20)13-8-6-5-7-9-13/h5-9,11-12H,10H2,1-4H3. The molecule has 1 aromatic carbocycles. The Kier molecular flexibility index (Phi) is 6.09. The summed E-state index contributed by atoms with van der Waals surface area (Å²) in [6.45, 7) is 6.80. The maximum Gasteiger partial charge on any atom is 0.338 e. The number of nitrogens with zero attached hydrogens (tertiary/aromatic N) is 1. The van der Waals surface area contributed by atoms with Gasteiger partial charge < -0.3 is 9.64 Å². The van der Waals surface area contributed by atoms with Gasteiger partial charge in [0.25, 0.3) is 11.7 Å². The van der Waals surface area contributed by atoms with E-state index in [0.717, 1.165) is 0 Å². The number of ketones is 1. The molecule has 0 aliphatic heterocycles. The molecule has 0 unspecified atom stereocenters. The van der Waals surface area contributed by atoms with Crippen molar-refractivity contribution in [1.29, 1.82) is 0 Å². The highest BCUT2D eigenvalue weighted by Crippen LogP contribution is 2.07. The molecule has 114 valence electrons. The number of esters is 1. The van der Waals surface area contributed by atoms with E-state index in [0.29, 0.717) is 5.56 Å². The van der Waals surface area contributed by atoms with Crippen molar-refractivity contribution in [2.24, 2.45) is 0 Å². The van der Waals surface area contributed by atoms with Crippen molar-refractivity contribution in [1.82, 2.24) is 4.90 Å². The number of Topliss-reactive ketones (excluding diaryl/α,β-unsaturated/α-hetero) is 1. The highest BCUT2D eigenvalue weighted by Gasteiger charge is 2.27. The lowest BCUT2D eigenvalue weighted by atomic mass is 10.2. The van der Waals surface area contributed by atoms with E-state index in [-0.39, 0.29) is 12.1 Å². The molecule has 1 amide bonds. The zero-order valence-corrected chi connectivity index (χ0v) is 12.8. The van der Waals surface area contributed by atoms with Crippen LogP contribution in [0.5, 0.6) is 0 Å². The second-order valence-electron chi connectivity index (χ2n) is 5.27. The van der Waals surface area contributed by atoms with E-state index >= 15 is 0 Å². The molecule has 1 rings (SSSR count). The zero-order valence-electron chi connectivity index (χ0n) is 12.8. The van der Waals surface area contributed by atoms with Crippen LogP contribution in [0.25, 0.3) is 0 Å². The zero-order chi connectivity index (χ0) is 16.0. The molecule has 0 bridgehead atoms. The summed E-state index contributed by atoms with van der Waals surface area (Å²) in [6, 6.07) is 8.16. The fraction of sp³-hybridized carbons (Fsp3) is 0.438. The Morgan fingerprint density at radius 2 is 1.52 bits per heavy atom. The monoisotopic (exact) mass is 291 g/mol. The average Bonchev–Trinajstić information content (AvgIpc) is 2.44. The van der Waals surface area contributed by atoms with Gasteiger partial charge in [0, 0.05) is 12.1 Å². The first-order valence-corrected chi connectivity index (χ1v) is 6.92. The summed E-state index contributed by atoms with van der Waals surface area (Å²) in [6.07, 6.45) is 0. The minimum absolute atomic E-state index is 0.0914. The Hall–Kier alpha value is -2.17. The largest absolute Gasteiger partial charge is 0.453 e. The van der Waals surface area contributed by atoms with Gasteiger partial charge in [0.05, 0.1) is 5.56 Å². The Bertz CT molecular complexity index is 500. The molecule has 0 saturated carbocycles. The van der Waals surface area contributed by atoms with Gasteiger partial charge in [0.1, 0.15) is 0 Å². The van der Waals surface area contributed by atoms with E-state index in [1.165, 1.54) is 4.90 Å². The maximum absolute atomic E-state index is 12.1. The van der Waals surface area contributed by atoms with E-state index in [4.69, 9.17) is 4.74 Å². The molecule has 21 heavy (non-hydrogen) atoms. The van der Waals surface area contributed by atoms with Crippen molar-refractivity contribution >= 4 is 17.7 Å². The SMILES string of the molecule is CC(C)N(C(=O)C(=O)COC(=O)c1ccccc1)C(C)C. The number of rotatable bonds is 6. The Balaban J connectivity index is 2.61. The predicted molar refractivity (Wildman–Crippen MR) is 78.8 cm³/mol. The Morgan fingerprint density at radius 1 is 1.00 bits per heavy atom. The van der Waals surface area contributed by atoms with E-state index in [1.54, 1.807) is 30.3 Å². The van der Waals surface area contributed by atoms with Crippen molar-refractivity contribution < 1.29 is 19.1 Å². The maximum atomic E-state index is 12.1. The molecule has 0 heterocycles. The van der Waals surface area contributed by atoms with E-state index in [1.807, 2.05) is 27.7 Å². The summed E-state index contributed by atoms with van der Waals surface area (Å²) in [7, 11) is 0. The van der Waals surface area contributed by atoms with Crippen LogP contribution in [0.4, 0.5) is 0 Å². The molecule has 0 aromatic heterocycles. The molecule has 0 spiro atoms. The number of hydrogen-bond acceptors (Lipinski definition) is 4. The first-order chi connectivity index (χ1) is 9.84. The van der Waals surface area contributed by atoms with Crippen LogP contribution in [0.3, 0.4) is 0 Å². The lowest BCUT2D eigenvalue weighted by molar-refractivity contribution is -0.148. The van der Waals surface area contributed by atoms with Crippen LogP contribution in [0.2, 0.25) is 0 Å². The molecule has 5 heteroatoms. The van der Waals surface area contributed by atoms with E-state index in [9.17, 15) is 14.4 Å².